The number of benzene rings is 3. The lowest BCUT2D eigenvalue weighted by Gasteiger charge is -2.10. The van der Waals surface area contributed by atoms with Crippen LogP contribution in [0.25, 0.3) is 27.7 Å². The van der Waals surface area contributed by atoms with Gasteiger partial charge in [-0.05, 0) is 41.8 Å². The molecule has 31 heavy (non-hydrogen) atoms. The van der Waals surface area contributed by atoms with Crippen molar-refractivity contribution in [3.05, 3.63) is 96.0 Å². The molecule has 1 heterocycles. The van der Waals surface area contributed by atoms with E-state index in [-0.39, 0.29) is 11.7 Å². The SMILES string of the molecule is COc1cc2occ(-c3ccccc3)c2cc1/C(C)=C/C(=O)NCc1ccc(F)cc1. The molecular formula is C26H22FNO3. The van der Waals surface area contributed by atoms with Gasteiger partial charge in [-0.3, -0.25) is 4.79 Å². The maximum atomic E-state index is 13.0. The summed E-state index contributed by atoms with van der Waals surface area (Å²) in [5.74, 6) is 0.0865. The number of ether oxygens (including phenoxy) is 1. The fourth-order valence-electron chi connectivity index (χ4n) is 3.49. The first-order valence-electron chi connectivity index (χ1n) is 9.91. The molecule has 3 aromatic carbocycles. The third-order valence-electron chi connectivity index (χ3n) is 5.13. The molecule has 1 aromatic heterocycles. The van der Waals surface area contributed by atoms with Gasteiger partial charge < -0.3 is 14.5 Å². The first-order chi connectivity index (χ1) is 15.0. The largest absolute Gasteiger partial charge is 0.496 e. The van der Waals surface area contributed by atoms with Crippen molar-refractivity contribution in [2.24, 2.45) is 0 Å². The summed E-state index contributed by atoms with van der Waals surface area (Å²) in [5.41, 5.74) is 5.14. The van der Waals surface area contributed by atoms with Crippen LogP contribution in [0.1, 0.15) is 18.1 Å². The highest BCUT2D eigenvalue weighted by Crippen LogP contribution is 2.37. The predicted octanol–water partition coefficient (Wildman–Crippen LogP) is 5.97. The maximum Gasteiger partial charge on any atom is 0.244 e. The molecule has 0 aliphatic rings. The van der Waals surface area contributed by atoms with Crippen LogP contribution in [0.5, 0.6) is 5.75 Å². The van der Waals surface area contributed by atoms with Gasteiger partial charge in [-0.25, -0.2) is 4.39 Å². The minimum Gasteiger partial charge on any atom is -0.496 e. The zero-order valence-corrected chi connectivity index (χ0v) is 17.3. The quantitative estimate of drug-likeness (QED) is 0.395. The van der Waals surface area contributed by atoms with Crippen molar-refractivity contribution >= 4 is 22.4 Å². The standard InChI is InChI=1S/C26H22FNO3/c1-17(12-26(29)28-15-18-8-10-20(27)11-9-18)21-13-22-23(19-6-4-3-5-7-19)16-31-25(22)14-24(21)30-2/h3-14,16H,15H2,1-2H3,(H,28,29)/b17-12+. The average molecular weight is 415 g/mol. The molecule has 0 bridgehead atoms. The molecule has 0 aliphatic carbocycles. The number of carbonyl (C=O) groups is 1. The Morgan fingerprint density at radius 3 is 2.55 bits per heavy atom. The van der Waals surface area contributed by atoms with Gasteiger partial charge in [-0.15, -0.1) is 0 Å². The molecule has 0 atom stereocenters. The molecule has 0 spiro atoms. The van der Waals surface area contributed by atoms with Crippen molar-refractivity contribution in [3.8, 4) is 16.9 Å². The molecule has 0 aliphatic heterocycles. The lowest BCUT2D eigenvalue weighted by atomic mass is 9.99. The first-order valence-corrected chi connectivity index (χ1v) is 9.91. The summed E-state index contributed by atoms with van der Waals surface area (Å²) in [6, 6.07) is 19.8. The fraction of sp³-hybridized carbons (Fsp3) is 0.115. The van der Waals surface area contributed by atoms with E-state index in [2.05, 4.69) is 5.32 Å². The lowest BCUT2D eigenvalue weighted by molar-refractivity contribution is -0.116. The van der Waals surface area contributed by atoms with Crippen LogP contribution in [0.2, 0.25) is 0 Å². The number of carbonyl (C=O) groups excluding carboxylic acids is 1. The second-order valence-corrected chi connectivity index (χ2v) is 7.24. The topological polar surface area (TPSA) is 51.5 Å². The van der Waals surface area contributed by atoms with E-state index in [0.29, 0.717) is 17.9 Å². The van der Waals surface area contributed by atoms with Crippen molar-refractivity contribution in [3.63, 3.8) is 0 Å². The number of amides is 1. The highest BCUT2D eigenvalue weighted by Gasteiger charge is 2.14. The summed E-state index contributed by atoms with van der Waals surface area (Å²) in [6.07, 6.45) is 3.27. The minimum absolute atomic E-state index is 0.237. The van der Waals surface area contributed by atoms with E-state index in [1.807, 2.05) is 49.4 Å². The summed E-state index contributed by atoms with van der Waals surface area (Å²) >= 11 is 0. The molecule has 0 radical (unpaired) electrons. The molecule has 1 N–H and O–H groups in total. The Balaban J connectivity index is 1.62. The van der Waals surface area contributed by atoms with Crippen LogP contribution in [-0.4, -0.2) is 13.0 Å². The normalized spacial score (nSPS) is 11.5. The second-order valence-electron chi connectivity index (χ2n) is 7.24. The van der Waals surface area contributed by atoms with Crippen molar-refractivity contribution in [2.75, 3.05) is 7.11 Å². The molecule has 1 amide bonds. The molecular weight excluding hydrogens is 393 g/mol. The molecule has 4 aromatic rings. The molecule has 4 rings (SSSR count). The van der Waals surface area contributed by atoms with E-state index in [0.717, 1.165) is 33.2 Å². The minimum atomic E-state index is -0.303. The zero-order valence-electron chi connectivity index (χ0n) is 17.3. The number of furan rings is 1. The monoisotopic (exact) mass is 415 g/mol. The number of fused-ring (bicyclic) bond motifs is 1. The van der Waals surface area contributed by atoms with Crippen LogP contribution < -0.4 is 10.1 Å². The Kier molecular flexibility index (Phi) is 5.85. The number of rotatable bonds is 6. The van der Waals surface area contributed by atoms with E-state index < -0.39 is 0 Å². The summed E-state index contributed by atoms with van der Waals surface area (Å²) in [6.45, 7) is 2.18. The third kappa shape index (κ3) is 4.51. The predicted molar refractivity (Wildman–Crippen MR) is 120 cm³/mol. The Bertz CT molecular complexity index is 1240. The molecule has 156 valence electrons. The fourth-order valence-corrected chi connectivity index (χ4v) is 3.49. The summed E-state index contributed by atoms with van der Waals surface area (Å²) in [5, 5.41) is 3.77. The summed E-state index contributed by atoms with van der Waals surface area (Å²) in [4.78, 5) is 12.4. The number of halogens is 1. The zero-order chi connectivity index (χ0) is 21.8. The van der Waals surface area contributed by atoms with Gasteiger partial charge in [0.05, 0.1) is 13.4 Å². The number of nitrogens with one attached hydrogen (secondary N) is 1. The van der Waals surface area contributed by atoms with Gasteiger partial charge in [0, 0.05) is 35.2 Å². The maximum absolute atomic E-state index is 13.0. The summed E-state index contributed by atoms with van der Waals surface area (Å²) < 4.78 is 24.3. The molecule has 0 saturated carbocycles. The van der Waals surface area contributed by atoms with Crippen molar-refractivity contribution < 1.29 is 18.3 Å². The smallest absolute Gasteiger partial charge is 0.244 e. The molecule has 0 unspecified atom stereocenters. The summed E-state index contributed by atoms with van der Waals surface area (Å²) in [7, 11) is 1.59. The molecule has 0 saturated heterocycles. The second kappa shape index (κ2) is 8.88. The van der Waals surface area contributed by atoms with Gasteiger partial charge in [-0.2, -0.15) is 0 Å². The molecule has 4 nitrogen and oxygen atoms in total. The molecule has 5 heteroatoms. The van der Waals surface area contributed by atoms with Crippen LogP contribution in [0, 0.1) is 5.82 Å². The van der Waals surface area contributed by atoms with E-state index in [1.165, 1.54) is 18.2 Å². The lowest BCUT2D eigenvalue weighted by Crippen LogP contribution is -2.20. The number of hydrogen-bond donors (Lipinski definition) is 1. The van der Waals surface area contributed by atoms with Gasteiger partial charge in [0.25, 0.3) is 0 Å². The Morgan fingerprint density at radius 1 is 1.10 bits per heavy atom. The number of hydrogen-bond acceptors (Lipinski definition) is 3. The highest BCUT2D eigenvalue weighted by molar-refractivity contribution is 6.00. The van der Waals surface area contributed by atoms with Gasteiger partial charge in [-0.1, -0.05) is 42.5 Å². The van der Waals surface area contributed by atoms with Crippen molar-refractivity contribution in [1.82, 2.24) is 5.32 Å². The van der Waals surface area contributed by atoms with Gasteiger partial charge in [0.1, 0.15) is 17.1 Å². The average Bonchev–Trinajstić information content (AvgIpc) is 3.21. The Morgan fingerprint density at radius 2 is 1.84 bits per heavy atom. The van der Waals surface area contributed by atoms with Crippen LogP contribution >= 0.6 is 0 Å². The Labute approximate surface area is 180 Å². The van der Waals surface area contributed by atoms with E-state index in [9.17, 15) is 9.18 Å². The van der Waals surface area contributed by atoms with Gasteiger partial charge >= 0.3 is 0 Å². The highest BCUT2D eigenvalue weighted by atomic mass is 19.1. The Hall–Kier alpha value is -3.86. The van der Waals surface area contributed by atoms with E-state index >= 15 is 0 Å². The van der Waals surface area contributed by atoms with Crippen LogP contribution in [0.4, 0.5) is 4.39 Å². The van der Waals surface area contributed by atoms with E-state index in [4.69, 9.17) is 9.15 Å². The van der Waals surface area contributed by atoms with Crippen LogP contribution in [-0.2, 0) is 11.3 Å². The van der Waals surface area contributed by atoms with Gasteiger partial charge in [0.2, 0.25) is 5.91 Å². The van der Waals surface area contributed by atoms with Crippen molar-refractivity contribution in [2.45, 2.75) is 13.5 Å². The van der Waals surface area contributed by atoms with Gasteiger partial charge in [0.15, 0.2) is 0 Å². The van der Waals surface area contributed by atoms with E-state index in [1.54, 1.807) is 25.5 Å². The first kappa shape index (κ1) is 20.4. The third-order valence-corrected chi connectivity index (χ3v) is 5.13. The van der Waals surface area contributed by atoms with Crippen LogP contribution in [0.3, 0.4) is 0 Å². The number of methoxy groups -OCH3 is 1. The van der Waals surface area contributed by atoms with Crippen molar-refractivity contribution in [1.29, 1.82) is 0 Å². The van der Waals surface area contributed by atoms with Crippen LogP contribution in [0.15, 0.2) is 83.5 Å². The molecule has 0 fully saturated rings. The number of allylic oxidation sites excluding steroid dienone is 1.